The lowest BCUT2D eigenvalue weighted by molar-refractivity contribution is -0.118. The first kappa shape index (κ1) is 22.6. The number of nitrogens with two attached hydrogens (primary N) is 1. The smallest absolute Gasteiger partial charge is 0.264 e. The highest BCUT2D eigenvalue weighted by Gasteiger charge is 2.37. The molecule has 2 aromatic rings. The van der Waals surface area contributed by atoms with E-state index in [4.69, 9.17) is 5.73 Å². The summed E-state index contributed by atoms with van der Waals surface area (Å²) in [6.45, 7) is 3.70. The molecule has 1 unspecified atom stereocenters. The molecule has 1 atom stereocenters. The van der Waals surface area contributed by atoms with Crippen LogP contribution in [0.1, 0.15) is 34.8 Å². The van der Waals surface area contributed by atoms with Crippen LogP contribution in [0.2, 0.25) is 0 Å². The Balaban J connectivity index is 2.02. The Morgan fingerprint density at radius 3 is 2.48 bits per heavy atom. The van der Waals surface area contributed by atoms with Gasteiger partial charge in [-0.15, -0.1) is 0 Å². The van der Waals surface area contributed by atoms with Gasteiger partial charge in [0.1, 0.15) is 0 Å². The highest BCUT2D eigenvalue weighted by molar-refractivity contribution is 7.92. The minimum absolute atomic E-state index is 0.189. The summed E-state index contributed by atoms with van der Waals surface area (Å²) in [5.41, 5.74) is 7.86. The summed E-state index contributed by atoms with van der Waals surface area (Å²) in [7, 11) is -2.29. The molecule has 0 radical (unpaired) electrons. The minimum Gasteiger partial charge on any atom is -0.368 e. The number of rotatable bonds is 7. The van der Waals surface area contributed by atoms with Gasteiger partial charge < -0.3 is 10.6 Å². The van der Waals surface area contributed by atoms with Gasteiger partial charge in [-0.25, -0.2) is 8.42 Å². The maximum atomic E-state index is 13.5. The zero-order valence-corrected chi connectivity index (χ0v) is 18.7. The van der Waals surface area contributed by atoms with Crippen LogP contribution in [0.25, 0.3) is 0 Å². The van der Waals surface area contributed by atoms with Crippen LogP contribution < -0.4 is 10.0 Å². The van der Waals surface area contributed by atoms with Crippen molar-refractivity contribution in [2.45, 2.75) is 37.6 Å². The van der Waals surface area contributed by atoms with E-state index in [1.165, 1.54) is 16.3 Å². The number of fused-ring (bicyclic) bond motifs is 1. The van der Waals surface area contributed by atoms with E-state index >= 15 is 0 Å². The molecule has 2 aromatic carbocycles. The molecule has 2 N–H and O–H groups in total. The molecule has 1 aliphatic heterocycles. The number of carbonyl (C=O) groups is 2. The number of anilines is 1. The van der Waals surface area contributed by atoms with Gasteiger partial charge >= 0.3 is 0 Å². The number of sulfonamides is 1. The number of amides is 2. The molecule has 3 rings (SSSR count). The van der Waals surface area contributed by atoms with Crippen molar-refractivity contribution in [1.29, 1.82) is 0 Å². The lowest BCUT2D eigenvalue weighted by atomic mass is 10.1. The Bertz CT molecular complexity index is 1120. The van der Waals surface area contributed by atoms with E-state index in [2.05, 4.69) is 0 Å². The molecule has 0 saturated carbocycles. The summed E-state index contributed by atoms with van der Waals surface area (Å²) < 4.78 is 28.4. The number of allylic oxidation sites excluding steroid dienone is 1. The Hall–Kier alpha value is -3.13. The second-order valence-electron chi connectivity index (χ2n) is 7.69. The summed E-state index contributed by atoms with van der Waals surface area (Å²) in [4.78, 5) is 25.2. The van der Waals surface area contributed by atoms with Crippen LogP contribution in [-0.4, -0.2) is 44.8 Å². The van der Waals surface area contributed by atoms with E-state index in [9.17, 15) is 18.0 Å². The molecule has 0 aliphatic carbocycles. The number of likely N-dealkylation sites (N-methyl/N-ethyl adjacent to an activating group) is 1. The van der Waals surface area contributed by atoms with E-state index < -0.39 is 15.9 Å². The maximum absolute atomic E-state index is 13.5. The van der Waals surface area contributed by atoms with Gasteiger partial charge in [-0.3, -0.25) is 13.9 Å². The summed E-state index contributed by atoms with van der Waals surface area (Å²) in [6, 6.07) is 11.3. The van der Waals surface area contributed by atoms with Crippen LogP contribution in [0.5, 0.6) is 0 Å². The quantitative estimate of drug-likeness (QED) is 0.668. The van der Waals surface area contributed by atoms with Crippen molar-refractivity contribution >= 4 is 27.5 Å². The van der Waals surface area contributed by atoms with Crippen molar-refractivity contribution in [2.24, 2.45) is 5.73 Å². The number of carbonyl (C=O) groups excluding carboxylic acids is 2. The largest absolute Gasteiger partial charge is 0.368 e. The first-order valence-corrected chi connectivity index (χ1v) is 11.5. The van der Waals surface area contributed by atoms with Gasteiger partial charge in [0.2, 0.25) is 5.91 Å². The molecule has 1 heterocycles. The van der Waals surface area contributed by atoms with Gasteiger partial charge in [-0.1, -0.05) is 36.8 Å². The highest BCUT2D eigenvalue weighted by atomic mass is 32.2. The molecule has 164 valence electrons. The van der Waals surface area contributed by atoms with Gasteiger partial charge in [0, 0.05) is 12.6 Å². The minimum atomic E-state index is -3.79. The van der Waals surface area contributed by atoms with Crippen molar-refractivity contribution in [3.63, 3.8) is 0 Å². The third-order valence-corrected chi connectivity index (χ3v) is 7.06. The Morgan fingerprint density at radius 1 is 1.19 bits per heavy atom. The molecule has 2 amide bonds. The Morgan fingerprint density at radius 2 is 1.87 bits per heavy atom. The molecule has 8 heteroatoms. The number of hydrogen-bond donors (Lipinski definition) is 1. The summed E-state index contributed by atoms with van der Waals surface area (Å²) >= 11 is 0. The predicted molar refractivity (Wildman–Crippen MR) is 120 cm³/mol. The zero-order chi connectivity index (χ0) is 22.8. The Kier molecular flexibility index (Phi) is 6.50. The van der Waals surface area contributed by atoms with Gasteiger partial charge in [-0.2, -0.15) is 0 Å². The topological polar surface area (TPSA) is 101 Å². The third-order valence-electron chi connectivity index (χ3n) is 5.21. The fourth-order valence-electron chi connectivity index (χ4n) is 3.68. The first-order chi connectivity index (χ1) is 14.6. The monoisotopic (exact) mass is 441 g/mol. The first-order valence-electron chi connectivity index (χ1n) is 10.1. The van der Waals surface area contributed by atoms with Crippen LogP contribution in [-0.2, 0) is 21.2 Å². The van der Waals surface area contributed by atoms with E-state index in [0.29, 0.717) is 17.7 Å². The van der Waals surface area contributed by atoms with Crippen LogP contribution in [0, 0.1) is 6.92 Å². The van der Waals surface area contributed by atoms with Gasteiger partial charge in [0.05, 0.1) is 23.2 Å². The second kappa shape index (κ2) is 8.93. The SMILES string of the molecule is CC/C=C/C1Cc2cc(C(=O)N(C)CC(N)=O)ccc2N1S(=O)(=O)c1ccc(C)cc1. The average Bonchev–Trinajstić information content (AvgIpc) is 3.09. The van der Waals surface area contributed by atoms with Crippen molar-refractivity contribution < 1.29 is 18.0 Å². The fourth-order valence-corrected chi connectivity index (χ4v) is 5.33. The molecule has 0 bridgehead atoms. The van der Waals surface area contributed by atoms with Gasteiger partial charge in [0.15, 0.2) is 0 Å². The third kappa shape index (κ3) is 4.64. The van der Waals surface area contributed by atoms with Crippen LogP contribution in [0.15, 0.2) is 59.5 Å². The molecule has 7 nitrogen and oxygen atoms in total. The van der Waals surface area contributed by atoms with Crippen molar-refractivity contribution in [2.75, 3.05) is 17.9 Å². The molecule has 1 aliphatic rings. The van der Waals surface area contributed by atoms with E-state index in [1.54, 1.807) is 42.5 Å². The van der Waals surface area contributed by atoms with Crippen molar-refractivity contribution in [3.05, 3.63) is 71.3 Å². The molecule has 0 aromatic heterocycles. The lowest BCUT2D eigenvalue weighted by Gasteiger charge is -2.25. The van der Waals surface area contributed by atoms with Crippen LogP contribution >= 0.6 is 0 Å². The number of primary amides is 1. The standard InChI is InChI=1S/C23H27N3O4S/c1-4-5-6-19-14-18-13-17(23(28)25(3)15-22(24)27)9-12-21(18)26(19)31(29,30)20-10-7-16(2)8-11-20/h5-13,19H,4,14-15H2,1-3H3,(H2,24,27)/b6-5+. The number of hydrogen-bond acceptors (Lipinski definition) is 4. The van der Waals surface area contributed by atoms with E-state index in [-0.39, 0.29) is 23.4 Å². The number of aryl methyl sites for hydroxylation is 1. The Labute approximate surface area is 183 Å². The zero-order valence-electron chi connectivity index (χ0n) is 17.9. The fraction of sp³-hybridized carbons (Fsp3) is 0.304. The predicted octanol–water partition coefficient (Wildman–Crippen LogP) is 2.64. The summed E-state index contributed by atoms with van der Waals surface area (Å²) in [5.74, 6) is -0.945. The molecular formula is C23H27N3O4S. The molecule has 0 fully saturated rings. The average molecular weight is 442 g/mol. The number of benzene rings is 2. The second-order valence-corrected chi connectivity index (χ2v) is 9.51. The maximum Gasteiger partial charge on any atom is 0.264 e. The van der Waals surface area contributed by atoms with Crippen molar-refractivity contribution in [1.82, 2.24) is 4.90 Å². The van der Waals surface area contributed by atoms with E-state index in [1.807, 2.05) is 26.0 Å². The number of nitrogens with zero attached hydrogens (tertiary/aromatic N) is 2. The van der Waals surface area contributed by atoms with Crippen molar-refractivity contribution in [3.8, 4) is 0 Å². The lowest BCUT2D eigenvalue weighted by Crippen LogP contribution is -2.36. The van der Waals surface area contributed by atoms with E-state index in [0.717, 1.165) is 17.5 Å². The summed E-state index contributed by atoms with van der Waals surface area (Å²) in [6.07, 6.45) is 5.08. The molecule has 0 saturated heterocycles. The summed E-state index contributed by atoms with van der Waals surface area (Å²) in [5, 5.41) is 0. The van der Waals surface area contributed by atoms with Gasteiger partial charge in [-0.05, 0) is 55.7 Å². The highest BCUT2D eigenvalue weighted by Crippen LogP contribution is 2.38. The molecule has 0 spiro atoms. The van der Waals surface area contributed by atoms with Crippen LogP contribution in [0.4, 0.5) is 5.69 Å². The normalized spacial score (nSPS) is 15.8. The van der Waals surface area contributed by atoms with Gasteiger partial charge in [0.25, 0.3) is 15.9 Å². The molecular weight excluding hydrogens is 414 g/mol. The van der Waals surface area contributed by atoms with Crippen LogP contribution in [0.3, 0.4) is 0 Å². The molecule has 31 heavy (non-hydrogen) atoms.